The molecule has 130 valence electrons. The maximum Gasteiger partial charge on any atom is 0.302 e. The number of amides is 1. The highest BCUT2D eigenvalue weighted by atomic mass is 32.1. The number of benzene rings is 2. The number of carbonyl (C=O) groups is 1. The SMILES string of the molecule is O=C(NCc1ccc(F)cc1)c1nc2sc3ccccc3n2c(=O)c1O. The van der Waals surface area contributed by atoms with Crippen molar-refractivity contribution in [2.75, 3.05) is 0 Å². The highest BCUT2D eigenvalue weighted by molar-refractivity contribution is 7.23. The molecule has 8 heteroatoms. The van der Waals surface area contributed by atoms with Gasteiger partial charge in [0.2, 0.25) is 5.75 Å². The molecule has 2 heterocycles. The zero-order valence-corrected chi connectivity index (χ0v) is 14.1. The summed E-state index contributed by atoms with van der Waals surface area (Å²) in [4.78, 5) is 29.3. The van der Waals surface area contributed by atoms with E-state index in [0.717, 1.165) is 4.70 Å². The van der Waals surface area contributed by atoms with Gasteiger partial charge in [0.05, 0.1) is 10.2 Å². The first-order valence-corrected chi connectivity index (χ1v) is 8.52. The van der Waals surface area contributed by atoms with Crippen LogP contribution in [0, 0.1) is 5.82 Å². The van der Waals surface area contributed by atoms with Gasteiger partial charge in [-0.05, 0) is 29.8 Å². The van der Waals surface area contributed by atoms with E-state index >= 15 is 0 Å². The van der Waals surface area contributed by atoms with Crippen molar-refractivity contribution in [2.45, 2.75) is 6.54 Å². The zero-order chi connectivity index (χ0) is 18.3. The van der Waals surface area contributed by atoms with Gasteiger partial charge in [-0.15, -0.1) is 0 Å². The van der Waals surface area contributed by atoms with Crippen LogP contribution >= 0.6 is 11.3 Å². The van der Waals surface area contributed by atoms with Gasteiger partial charge in [0.1, 0.15) is 5.82 Å². The fraction of sp³-hybridized carbons (Fsp3) is 0.0556. The van der Waals surface area contributed by atoms with Crippen molar-refractivity contribution >= 4 is 32.4 Å². The van der Waals surface area contributed by atoms with Gasteiger partial charge in [-0.1, -0.05) is 35.6 Å². The number of hydrogen-bond donors (Lipinski definition) is 2. The normalized spacial score (nSPS) is 11.1. The molecule has 0 bridgehead atoms. The molecule has 0 unspecified atom stereocenters. The molecule has 0 spiro atoms. The first-order valence-electron chi connectivity index (χ1n) is 7.70. The summed E-state index contributed by atoms with van der Waals surface area (Å²) < 4.78 is 15.0. The molecule has 0 aliphatic rings. The van der Waals surface area contributed by atoms with Crippen LogP contribution in [-0.4, -0.2) is 20.4 Å². The van der Waals surface area contributed by atoms with Crippen LogP contribution < -0.4 is 10.9 Å². The van der Waals surface area contributed by atoms with E-state index < -0.39 is 17.2 Å². The van der Waals surface area contributed by atoms with Gasteiger partial charge in [-0.25, -0.2) is 13.8 Å². The van der Waals surface area contributed by atoms with E-state index in [0.29, 0.717) is 16.0 Å². The van der Waals surface area contributed by atoms with Gasteiger partial charge in [-0.3, -0.25) is 9.59 Å². The molecular formula is C18H12FN3O3S. The quantitative estimate of drug-likeness (QED) is 0.582. The Morgan fingerprint density at radius 3 is 2.69 bits per heavy atom. The highest BCUT2D eigenvalue weighted by Crippen LogP contribution is 2.25. The summed E-state index contributed by atoms with van der Waals surface area (Å²) in [5.41, 5.74) is 0.278. The van der Waals surface area contributed by atoms with Crippen LogP contribution in [0.15, 0.2) is 53.3 Å². The van der Waals surface area contributed by atoms with Gasteiger partial charge in [0, 0.05) is 6.54 Å². The lowest BCUT2D eigenvalue weighted by Crippen LogP contribution is -2.27. The molecule has 2 aromatic heterocycles. The zero-order valence-electron chi connectivity index (χ0n) is 13.3. The van der Waals surface area contributed by atoms with Crippen LogP contribution in [-0.2, 0) is 6.54 Å². The number of halogens is 1. The minimum atomic E-state index is -0.706. The van der Waals surface area contributed by atoms with Crippen molar-refractivity contribution in [3.05, 3.63) is 76.0 Å². The summed E-state index contributed by atoms with van der Waals surface area (Å²) in [5, 5.41) is 12.7. The maximum absolute atomic E-state index is 12.9. The van der Waals surface area contributed by atoms with Gasteiger partial charge in [0.25, 0.3) is 5.91 Å². The summed E-state index contributed by atoms with van der Waals surface area (Å²) in [6, 6.07) is 12.8. The number of fused-ring (bicyclic) bond motifs is 3. The van der Waals surface area contributed by atoms with Crippen molar-refractivity contribution in [3.63, 3.8) is 0 Å². The molecular weight excluding hydrogens is 357 g/mol. The molecule has 0 saturated carbocycles. The number of aromatic nitrogens is 2. The summed E-state index contributed by atoms with van der Waals surface area (Å²) >= 11 is 1.25. The number of para-hydroxylation sites is 1. The van der Waals surface area contributed by atoms with Crippen LogP contribution in [0.4, 0.5) is 4.39 Å². The number of nitrogens with one attached hydrogen (secondary N) is 1. The van der Waals surface area contributed by atoms with Gasteiger partial charge in [-0.2, -0.15) is 0 Å². The molecule has 4 rings (SSSR count). The fourth-order valence-electron chi connectivity index (χ4n) is 2.63. The Hall–Kier alpha value is -3.26. The molecule has 2 aromatic carbocycles. The summed E-state index contributed by atoms with van der Waals surface area (Å²) in [6.07, 6.45) is 0. The minimum Gasteiger partial charge on any atom is -0.501 e. The lowest BCUT2D eigenvalue weighted by atomic mass is 10.2. The summed E-state index contributed by atoms with van der Waals surface area (Å²) in [6.45, 7) is 0.117. The largest absolute Gasteiger partial charge is 0.501 e. The Labute approximate surface area is 150 Å². The van der Waals surface area contributed by atoms with E-state index in [1.54, 1.807) is 12.1 Å². The Morgan fingerprint density at radius 2 is 1.92 bits per heavy atom. The van der Waals surface area contributed by atoms with E-state index in [1.807, 2.05) is 12.1 Å². The molecule has 2 N–H and O–H groups in total. The summed E-state index contributed by atoms with van der Waals surface area (Å²) in [5.74, 6) is -1.76. The Balaban J connectivity index is 1.70. The van der Waals surface area contributed by atoms with Crippen LogP contribution in [0.25, 0.3) is 15.2 Å². The number of carbonyl (C=O) groups excluding carboxylic acids is 1. The number of rotatable bonds is 3. The lowest BCUT2D eigenvalue weighted by Gasteiger charge is -2.06. The van der Waals surface area contributed by atoms with E-state index in [2.05, 4.69) is 10.3 Å². The standard InChI is InChI=1S/C18H12FN3O3S/c19-11-7-5-10(6-8-11)9-20-16(24)14-15(23)17(25)22-12-3-1-2-4-13(12)26-18(22)21-14/h1-8,23H,9H2,(H,20,24). The predicted molar refractivity (Wildman–Crippen MR) is 96.1 cm³/mol. The van der Waals surface area contributed by atoms with Crippen molar-refractivity contribution in [3.8, 4) is 5.75 Å². The fourth-order valence-corrected chi connectivity index (χ4v) is 3.64. The average Bonchev–Trinajstić information content (AvgIpc) is 3.02. The second-order valence-corrected chi connectivity index (χ2v) is 6.62. The van der Waals surface area contributed by atoms with Gasteiger partial charge < -0.3 is 10.4 Å². The van der Waals surface area contributed by atoms with Crippen molar-refractivity contribution in [1.29, 1.82) is 0 Å². The number of thiazole rings is 1. The monoisotopic (exact) mass is 369 g/mol. The third-order valence-corrected chi connectivity index (χ3v) is 4.94. The smallest absolute Gasteiger partial charge is 0.302 e. The Kier molecular flexibility index (Phi) is 3.89. The van der Waals surface area contributed by atoms with Crippen LogP contribution in [0.2, 0.25) is 0 Å². The number of hydrogen-bond acceptors (Lipinski definition) is 5. The Bertz CT molecular complexity index is 1200. The minimum absolute atomic E-state index is 0.117. The topological polar surface area (TPSA) is 83.7 Å². The first kappa shape index (κ1) is 16.2. The molecule has 0 saturated heterocycles. The molecule has 0 fully saturated rings. The number of aromatic hydroxyl groups is 1. The molecule has 0 atom stereocenters. The predicted octanol–water partition coefficient (Wildman–Crippen LogP) is 2.68. The maximum atomic E-state index is 12.9. The highest BCUT2D eigenvalue weighted by Gasteiger charge is 2.20. The second kappa shape index (κ2) is 6.23. The van der Waals surface area contributed by atoms with Crippen LogP contribution in [0.5, 0.6) is 5.75 Å². The molecule has 0 aliphatic carbocycles. The molecule has 1 amide bonds. The third-order valence-electron chi connectivity index (χ3n) is 3.92. The average molecular weight is 369 g/mol. The van der Waals surface area contributed by atoms with E-state index in [-0.39, 0.29) is 18.1 Å². The van der Waals surface area contributed by atoms with Crippen LogP contribution in [0.1, 0.15) is 16.1 Å². The molecule has 4 aromatic rings. The van der Waals surface area contributed by atoms with Gasteiger partial charge in [0.15, 0.2) is 10.7 Å². The first-order chi connectivity index (χ1) is 12.5. The van der Waals surface area contributed by atoms with E-state index in [1.165, 1.54) is 40.0 Å². The molecule has 6 nitrogen and oxygen atoms in total. The van der Waals surface area contributed by atoms with Crippen molar-refractivity contribution in [2.24, 2.45) is 0 Å². The van der Waals surface area contributed by atoms with Crippen LogP contribution in [0.3, 0.4) is 0 Å². The molecule has 0 aliphatic heterocycles. The summed E-state index contributed by atoms with van der Waals surface area (Å²) in [7, 11) is 0. The van der Waals surface area contributed by atoms with E-state index in [9.17, 15) is 19.1 Å². The molecule has 26 heavy (non-hydrogen) atoms. The van der Waals surface area contributed by atoms with E-state index in [4.69, 9.17) is 0 Å². The lowest BCUT2D eigenvalue weighted by molar-refractivity contribution is 0.0943. The van der Waals surface area contributed by atoms with Crippen molar-refractivity contribution in [1.82, 2.24) is 14.7 Å². The second-order valence-electron chi connectivity index (χ2n) is 5.61. The number of nitrogens with zero attached hydrogens (tertiary/aromatic N) is 2. The third kappa shape index (κ3) is 2.70. The Morgan fingerprint density at radius 1 is 1.19 bits per heavy atom. The van der Waals surface area contributed by atoms with Gasteiger partial charge >= 0.3 is 5.56 Å². The molecule has 0 radical (unpaired) electrons. The van der Waals surface area contributed by atoms with Crippen molar-refractivity contribution < 1.29 is 14.3 Å².